The van der Waals surface area contributed by atoms with Crippen molar-refractivity contribution in [2.75, 3.05) is 13.1 Å². The molecule has 23 heavy (non-hydrogen) atoms. The number of amides is 1. The van der Waals surface area contributed by atoms with Crippen LogP contribution in [0.4, 0.5) is 4.39 Å². The first-order valence-corrected chi connectivity index (χ1v) is 8.04. The van der Waals surface area contributed by atoms with Crippen LogP contribution in [-0.4, -0.2) is 28.8 Å². The molecule has 2 heterocycles. The lowest BCUT2D eigenvalue weighted by Crippen LogP contribution is -2.43. The van der Waals surface area contributed by atoms with E-state index in [1.165, 1.54) is 6.07 Å². The zero-order valence-electron chi connectivity index (χ0n) is 13.6. The van der Waals surface area contributed by atoms with Gasteiger partial charge in [0.1, 0.15) is 11.3 Å². The first-order chi connectivity index (χ1) is 10.9. The number of piperidine rings is 1. The molecule has 0 spiro atoms. The predicted molar refractivity (Wildman–Crippen MR) is 85.2 cm³/mol. The average molecular weight is 316 g/mol. The van der Waals surface area contributed by atoms with E-state index >= 15 is 0 Å². The second kappa shape index (κ2) is 4.77. The molecule has 2 fully saturated rings. The maximum Gasteiger partial charge on any atom is 0.224 e. The van der Waals surface area contributed by atoms with Crippen LogP contribution in [0.15, 0.2) is 18.2 Å². The molecule has 1 saturated carbocycles. The first-order valence-electron chi connectivity index (χ1n) is 8.04. The molecule has 1 aromatic carbocycles. The molecular weight excluding hydrogens is 295 g/mol. The Balaban J connectivity index is 1.64. The van der Waals surface area contributed by atoms with Crippen LogP contribution in [0, 0.1) is 23.6 Å². The van der Waals surface area contributed by atoms with Gasteiger partial charge in [-0.2, -0.15) is 5.10 Å². The molecule has 4 rings (SSSR count). The van der Waals surface area contributed by atoms with Crippen LogP contribution in [0.25, 0.3) is 10.9 Å². The molecule has 1 aliphatic carbocycles. The third-order valence-electron chi connectivity index (χ3n) is 5.24. The molecule has 1 aliphatic heterocycles. The third kappa shape index (κ3) is 2.16. The number of aryl methyl sites for hydroxylation is 1. The van der Waals surface area contributed by atoms with E-state index in [0.29, 0.717) is 23.0 Å². The van der Waals surface area contributed by atoms with Crippen molar-refractivity contribution in [1.29, 1.82) is 0 Å². The molecular formula is C17H21FN4O. The van der Waals surface area contributed by atoms with Crippen molar-refractivity contribution in [3.63, 3.8) is 0 Å². The average Bonchev–Trinajstić information content (AvgIpc) is 2.81. The Morgan fingerprint density at radius 3 is 2.78 bits per heavy atom. The Labute approximate surface area is 134 Å². The second-order valence-electron chi connectivity index (χ2n) is 7.23. The fourth-order valence-electron chi connectivity index (χ4n) is 4.01. The third-order valence-corrected chi connectivity index (χ3v) is 5.24. The zero-order chi connectivity index (χ0) is 16.4. The predicted octanol–water partition coefficient (Wildman–Crippen LogP) is 1.53. The van der Waals surface area contributed by atoms with E-state index < -0.39 is 5.54 Å². The van der Waals surface area contributed by atoms with E-state index in [4.69, 9.17) is 0 Å². The number of nitrogens with one attached hydrogen (secondary N) is 2. The van der Waals surface area contributed by atoms with E-state index in [9.17, 15) is 9.18 Å². The lowest BCUT2D eigenvalue weighted by atomic mass is 9.96. The minimum Gasteiger partial charge on any atom is -0.345 e. The molecule has 1 saturated heterocycles. The van der Waals surface area contributed by atoms with Gasteiger partial charge in [0.05, 0.1) is 11.2 Å². The van der Waals surface area contributed by atoms with E-state index in [2.05, 4.69) is 15.7 Å². The fraction of sp³-hybridized carbons (Fsp3) is 0.529. The summed E-state index contributed by atoms with van der Waals surface area (Å²) in [7, 11) is 1.73. The molecule has 0 radical (unpaired) electrons. The summed E-state index contributed by atoms with van der Waals surface area (Å²) in [6.07, 6.45) is 0. The van der Waals surface area contributed by atoms with Crippen molar-refractivity contribution in [2.24, 2.45) is 24.8 Å². The van der Waals surface area contributed by atoms with Gasteiger partial charge in [0.2, 0.25) is 5.91 Å². The number of halogens is 1. The number of aromatic nitrogens is 2. The molecule has 122 valence electrons. The summed E-state index contributed by atoms with van der Waals surface area (Å²) < 4.78 is 15.6. The number of nitrogens with zero attached hydrogens (tertiary/aromatic N) is 2. The van der Waals surface area contributed by atoms with Gasteiger partial charge in [0.15, 0.2) is 0 Å². The smallest absolute Gasteiger partial charge is 0.224 e. The van der Waals surface area contributed by atoms with Crippen LogP contribution in [0.2, 0.25) is 0 Å². The van der Waals surface area contributed by atoms with E-state index in [0.717, 1.165) is 18.5 Å². The van der Waals surface area contributed by atoms with Crippen LogP contribution in [0.3, 0.4) is 0 Å². The van der Waals surface area contributed by atoms with Gasteiger partial charge in [-0.3, -0.25) is 9.48 Å². The number of hydrogen-bond acceptors (Lipinski definition) is 3. The Bertz CT molecular complexity index is 787. The van der Waals surface area contributed by atoms with Gasteiger partial charge < -0.3 is 10.6 Å². The number of fused-ring (bicyclic) bond motifs is 2. The van der Waals surface area contributed by atoms with Crippen molar-refractivity contribution < 1.29 is 9.18 Å². The summed E-state index contributed by atoms with van der Waals surface area (Å²) >= 11 is 0. The summed E-state index contributed by atoms with van der Waals surface area (Å²) in [5, 5.41) is 11.6. The molecule has 2 aromatic rings. The van der Waals surface area contributed by atoms with E-state index in [1.54, 1.807) is 17.8 Å². The Kier molecular flexibility index (Phi) is 3.04. The summed E-state index contributed by atoms with van der Waals surface area (Å²) in [5.74, 6) is 0.852. The highest BCUT2D eigenvalue weighted by atomic mass is 19.1. The first kappa shape index (κ1) is 14.6. The molecule has 1 aromatic heterocycles. The lowest BCUT2D eigenvalue weighted by Gasteiger charge is -2.25. The van der Waals surface area contributed by atoms with Gasteiger partial charge in [-0.25, -0.2) is 4.39 Å². The standard InChI is InChI=1S/C17H21FN4O/c1-17(2,20-16(23)13-10-7-19-8-11(10)13)15-9-5-4-6-12(18)14(9)22(3)21-15/h4-6,10-11,13,19H,7-8H2,1-3H3,(H,20,23)/t10-,11?,13?/m1/s1. The highest BCUT2D eigenvalue weighted by Crippen LogP contribution is 2.49. The highest BCUT2D eigenvalue weighted by Gasteiger charge is 2.57. The monoisotopic (exact) mass is 316 g/mol. The topological polar surface area (TPSA) is 59.0 Å². The quantitative estimate of drug-likeness (QED) is 0.903. The molecule has 1 amide bonds. The van der Waals surface area contributed by atoms with Crippen LogP contribution in [0.5, 0.6) is 0 Å². The number of carbonyl (C=O) groups is 1. The minimum atomic E-state index is -0.644. The number of rotatable bonds is 3. The number of para-hydroxylation sites is 1. The van der Waals surface area contributed by atoms with Gasteiger partial charge in [0.25, 0.3) is 0 Å². The van der Waals surface area contributed by atoms with Crippen molar-refractivity contribution in [1.82, 2.24) is 20.4 Å². The van der Waals surface area contributed by atoms with Gasteiger partial charge in [0, 0.05) is 18.4 Å². The van der Waals surface area contributed by atoms with Crippen LogP contribution < -0.4 is 10.6 Å². The molecule has 2 unspecified atom stereocenters. The number of benzene rings is 1. The van der Waals surface area contributed by atoms with Gasteiger partial charge in [-0.05, 0) is 44.8 Å². The van der Waals surface area contributed by atoms with Gasteiger partial charge >= 0.3 is 0 Å². The van der Waals surface area contributed by atoms with Crippen molar-refractivity contribution in [2.45, 2.75) is 19.4 Å². The van der Waals surface area contributed by atoms with Crippen LogP contribution in [-0.2, 0) is 17.4 Å². The van der Waals surface area contributed by atoms with E-state index in [1.807, 2.05) is 19.9 Å². The number of carbonyl (C=O) groups excluding carboxylic acids is 1. The maximum atomic E-state index is 14.1. The Hall–Kier alpha value is -1.95. The van der Waals surface area contributed by atoms with Crippen LogP contribution >= 0.6 is 0 Å². The van der Waals surface area contributed by atoms with Gasteiger partial charge in [-0.1, -0.05) is 12.1 Å². The van der Waals surface area contributed by atoms with Crippen molar-refractivity contribution in [3.8, 4) is 0 Å². The summed E-state index contributed by atoms with van der Waals surface area (Å²) in [4.78, 5) is 12.6. The lowest BCUT2D eigenvalue weighted by molar-refractivity contribution is -0.124. The second-order valence-corrected chi connectivity index (χ2v) is 7.23. The van der Waals surface area contributed by atoms with E-state index in [-0.39, 0.29) is 17.6 Å². The molecule has 0 bridgehead atoms. The fourth-order valence-corrected chi connectivity index (χ4v) is 4.01. The summed E-state index contributed by atoms with van der Waals surface area (Å²) in [5.41, 5.74) is 0.526. The SMILES string of the molecule is Cn1nc(C(C)(C)NC(=O)C2C3CNC[C@H]32)c2cccc(F)c21. The number of hydrogen-bond donors (Lipinski definition) is 2. The highest BCUT2D eigenvalue weighted by molar-refractivity contribution is 5.86. The normalized spacial score (nSPS) is 26.3. The zero-order valence-corrected chi connectivity index (χ0v) is 13.6. The molecule has 2 aliphatic rings. The molecule has 6 heteroatoms. The Morgan fingerprint density at radius 1 is 1.39 bits per heavy atom. The molecule has 3 atom stereocenters. The Morgan fingerprint density at radius 2 is 2.09 bits per heavy atom. The summed E-state index contributed by atoms with van der Waals surface area (Å²) in [6.45, 7) is 5.71. The molecule has 5 nitrogen and oxygen atoms in total. The van der Waals surface area contributed by atoms with Gasteiger partial charge in [-0.15, -0.1) is 0 Å². The summed E-state index contributed by atoms with van der Waals surface area (Å²) in [6, 6.07) is 4.96. The maximum absolute atomic E-state index is 14.1. The minimum absolute atomic E-state index is 0.0849. The van der Waals surface area contributed by atoms with Crippen molar-refractivity contribution in [3.05, 3.63) is 29.7 Å². The largest absolute Gasteiger partial charge is 0.345 e. The van der Waals surface area contributed by atoms with Crippen LogP contribution in [0.1, 0.15) is 19.5 Å². The molecule has 2 N–H and O–H groups in total. The van der Waals surface area contributed by atoms with Crippen molar-refractivity contribution >= 4 is 16.8 Å².